The second kappa shape index (κ2) is 5.06. The van der Waals surface area contributed by atoms with Gasteiger partial charge in [-0.25, -0.2) is 9.78 Å². The normalized spacial score (nSPS) is 16.9. The summed E-state index contributed by atoms with van der Waals surface area (Å²) in [5.41, 5.74) is 1.78. The molecule has 0 amide bonds. The lowest BCUT2D eigenvalue weighted by Gasteiger charge is -2.29. The van der Waals surface area contributed by atoms with Gasteiger partial charge in [0.2, 0.25) is 0 Å². The maximum Gasteiger partial charge on any atom is 0.339 e. The molecule has 0 atom stereocenters. The van der Waals surface area contributed by atoms with Crippen LogP contribution in [0, 0.1) is 13.8 Å². The van der Waals surface area contributed by atoms with Crippen molar-refractivity contribution < 1.29 is 14.1 Å². The summed E-state index contributed by atoms with van der Waals surface area (Å²) in [6, 6.07) is 1.77. The van der Waals surface area contributed by atoms with Crippen LogP contribution in [0.1, 0.15) is 21.6 Å². The Bertz CT molecular complexity index is 506. The SMILES string of the molecule is Cc1cc(C)c(C(=O)O)c(N2CCS(=O)CC2)n1. The summed E-state index contributed by atoms with van der Waals surface area (Å²) in [5.74, 6) is 0.708. The van der Waals surface area contributed by atoms with Crippen molar-refractivity contribution in [2.75, 3.05) is 29.5 Å². The summed E-state index contributed by atoms with van der Waals surface area (Å²) in [6.45, 7) is 4.83. The summed E-state index contributed by atoms with van der Waals surface area (Å²) in [4.78, 5) is 17.6. The maximum atomic E-state index is 11.3. The molecule has 0 unspecified atom stereocenters. The number of aryl methyl sites for hydroxylation is 2. The number of anilines is 1. The molecule has 0 spiro atoms. The van der Waals surface area contributed by atoms with Crippen LogP contribution in [-0.2, 0) is 10.8 Å². The third-order valence-corrected chi connectivity index (χ3v) is 4.29. The highest BCUT2D eigenvalue weighted by Crippen LogP contribution is 2.23. The van der Waals surface area contributed by atoms with Gasteiger partial charge in [-0.05, 0) is 25.5 Å². The first kappa shape index (κ1) is 13.0. The van der Waals surface area contributed by atoms with Crippen LogP contribution < -0.4 is 4.90 Å². The van der Waals surface area contributed by atoms with Gasteiger partial charge < -0.3 is 10.0 Å². The highest BCUT2D eigenvalue weighted by molar-refractivity contribution is 7.85. The van der Waals surface area contributed by atoms with Gasteiger partial charge in [0.1, 0.15) is 11.4 Å². The highest BCUT2D eigenvalue weighted by Gasteiger charge is 2.23. The molecular weight excluding hydrogens is 252 g/mol. The molecule has 6 heteroatoms. The number of aromatic nitrogens is 1. The summed E-state index contributed by atoms with van der Waals surface area (Å²) in [5, 5.41) is 9.29. The largest absolute Gasteiger partial charge is 0.478 e. The average molecular weight is 268 g/mol. The summed E-state index contributed by atoms with van der Waals surface area (Å²) >= 11 is 0. The predicted molar refractivity (Wildman–Crippen MR) is 70.8 cm³/mol. The van der Waals surface area contributed by atoms with Crippen LogP contribution in [0.25, 0.3) is 0 Å². The Morgan fingerprint density at radius 1 is 1.39 bits per heavy atom. The molecule has 2 heterocycles. The zero-order chi connectivity index (χ0) is 13.3. The second-order valence-corrected chi connectivity index (χ2v) is 6.12. The smallest absolute Gasteiger partial charge is 0.339 e. The molecule has 1 fully saturated rings. The number of carboxylic acids is 1. The second-order valence-electron chi connectivity index (χ2n) is 4.42. The van der Waals surface area contributed by atoms with Crippen molar-refractivity contribution in [2.24, 2.45) is 0 Å². The van der Waals surface area contributed by atoms with E-state index in [-0.39, 0.29) is 5.56 Å². The Kier molecular flexibility index (Phi) is 3.65. The zero-order valence-corrected chi connectivity index (χ0v) is 11.3. The Hall–Kier alpha value is -1.43. The van der Waals surface area contributed by atoms with E-state index in [4.69, 9.17) is 0 Å². The van der Waals surface area contributed by atoms with Crippen LogP contribution in [0.4, 0.5) is 5.82 Å². The molecule has 0 radical (unpaired) electrons. The first-order valence-corrected chi connectivity index (χ1v) is 7.29. The van der Waals surface area contributed by atoms with E-state index in [9.17, 15) is 14.1 Å². The van der Waals surface area contributed by atoms with Crippen LogP contribution in [0.3, 0.4) is 0 Å². The topological polar surface area (TPSA) is 70.5 Å². The van der Waals surface area contributed by atoms with E-state index >= 15 is 0 Å². The Morgan fingerprint density at radius 3 is 2.56 bits per heavy atom. The van der Waals surface area contributed by atoms with Gasteiger partial charge in [-0.1, -0.05) is 0 Å². The Labute approximate surface area is 108 Å². The van der Waals surface area contributed by atoms with E-state index in [0.29, 0.717) is 30.4 Å². The quantitative estimate of drug-likeness (QED) is 0.865. The molecule has 1 aliphatic heterocycles. The van der Waals surface area contributed by atoms with Crippen molar-refractivity contribution in [2.45, 2.75) is 13.8 Å². The fourth-order valence-corrected chi connectivity index (χ4v) is 3.21. The number of carbonyl (C=O) groups is 1. The number of pyridine rings is 1. The minimum absolute atomic E-state index is 0.258. The minimum Gasteiger partial charge on any atom is -0.478 e. The number of rotatable bonds is 2. The molecule has 1 aromatic heterocycles. The molecule has 1 saturated heterocycles. The number of nitrogens with zero attached hydrogens (tertiary/aromatic N) is 2. The fourth-order valence-electron chi connectivity index (χ4n) is 2.16. The van der Waals surface area contributed by atoms with Gasteiger partial charge in [-0.2, -0.15) is 0 Å². The van der Waals surface area contributed by atoms with E-state index in [0.717, 1.165) is 11.3 Å². The molecule has 18 heavy (non-hydrogen) atoms. The molecule has 5 nitrogen and oxygen atoms in total. The maximum absolute atomic E-state index is 11.3. The van der Waals surface area contributed by atoms with Crippen molar-refractivity contribution in [3.05, 3.63) is 22.9 Å². The van der Waals surface area contributed by atoms with Gasteiger partial charge in [0.05, 0.1) is 0 Å². The van der Waals surface area contributed by atoms with Crippen LogP contribution in [0.15, 0.2) is 6.07 Å². The van der Waals surface area contributed by atoms with Crippen molar-refractivity contribution in [3.63, 3.8) is 0 Å². The molecule has 98 valence electrons. The number of hydrogen-bond donors (Lipinski definition) is 1. The van der Waals surface area contributed by atoms with Gasteiger partial charge >= 0.3 is 5.97 Å². The van der Waals surface area contributed by atoms with Crippen LogP contribution in [0.5, 0.6) is 0 Å². The zero-order valence-electron chi connectivity index (χ0n) is 10.5. The monoisotopic (exact) mass is 268 g/mol. The van der Waals surface area contributed by atoms with E-state index in [2.05, 4.69) is 4.98 Å². The van der Waals surface area contributed by atoms with E-state index < -0.39 is 16.8 Å². The van der Waals surface area contributed by atoms with E-state index in [1.807, 2.05) is 11.8 Å². The molecule has 0 saturated carbocycles. The molecule has 1 aliphatic rings. The van der Waals surface area contributed by atoms with Gasteiger partial charge in [0.25, 0.3) is 0 Å². The van der Waals surface area contributed by atoms with Crippen LogP contribution in [0.2, 0.25) is 0 Å². The standard InChI is InChI=1S/C12H16N2O3S/c1-8-7-9(2)13-11(10(8)12(15)16)14-3-5-18(17)6-4-14/h7H,3-6H2,1-2H3,(H,15,16). The molecule has 0 aliphatic carbocycles. The van der Waals surface area contributed by atoms with Crippen molar-refractivity contribution in [1.29, 1.82) is 0 Å². The fraction of sp³-hybridized carbons (Fsp3) is 0.500. The average Bonchev–Trinajstić information content (AvgIpc) is 2.28. The van der Waals surface area contributed by atoms with E-state index in [1.54, 1.807) is 13.0 Å². The van der Waals surface area contributed by atoms with Gasteiger partial charge in [0.15, 0.2) is 0 Å². The summed E-state index contributed by atoms with van der Waals surface area (Å²) in [7, 11) is -0.780. The van der Waals surface area contributed by atoms with Crippen molar-refractivity contribution >= 4 is 22.6 Å². The summed E-state index contributed by atoms with van der Waals surface area (Å²) in [6.07, 6.45) is 0. The molecule has 1 aromatic rings. The number of aromatic carboxylic acids is 1. The van der Waals surface area contributed by atoms with Gasteiger partial charge in [-0.3, -0.25) is 4.21 Å². The highest BCUT2D eigenvalue weighted by atomic mass is 32.2. The Balaban J connectivity index is 2.42. The lowest BCUT2D eigenvalue weighted by Crippen LogP contribution is -2.39. The molecule has 0 aromatic carbocycles. The van der Waals surface area contributed by atoms with Crippen molar-refractivity contribution in [3.8, 4) is 0 Å². The molecule has 2 rings (SSSR count). The van der Waals surface area contributed by atoms with Crippen molar-refractivity contribution in [1.82, 2.24) is 4.98 Å². The van der Waals surface area contributed by atoms with Gasteiger partial charge in [0, 0.05) is 41.1 Å². The number of carboxylic acid groups (broad SMARTS) is 1. The predicted octanol–water partition coefficient (Wildman–Crippen LogP) is 0.965. The van der Waals surface area contributed by atoms with Crippen LogP contribution >= 0.6 is 0 Å². The molecule has 1 N–H and O–H groups in total. The first-order valence-electron chi connectivity index (χ1n) is 5.80. The van der Waals surface area contributed by atoms with Crippen LogP contribution in [-0.4, -0.2) is 44.9 Å². The number of hydrogen-bond acceptors (Lipinski definition) is 4. The third-order valence-electron chi connectivity index (χ3n) is 3.02. The van der Waals surface area contributed by atoms with E-state index in [1.165, 1.54) is 0 Å². The first-order chi connectivity index (χ1) is 8.49. The van der Waals surface area contributed by atoms with Gasteiger partial charge in [-0.15, -0.1) is 0 Å². The summed E-state index contributed by atoms with van der Waals surface area (Å²) < 4.78 is 11.3. The lowest BCUT2D eigenvalue weighted by atomic mass is 10.1. The molecule has 0 bridgehead atoms. The Morgan fingerprint density at radius 2 is 2.00 bits per heavy atom. The molecular formula is C12H16N2O3S. The lowest BCUT2D eigenvalue weighted by molar-refractivity contribution is 0.0696. The minimum atomic E-state index is -0.957. The third kappa shape index (κ3) is 2.53.